The first-order valence-corrected chi connectivity index (χ1v) is 9.55. The lowest BCUT2D eigenvalue weighted by Gasteiger charge is -2.37. The highest BCUT2D eigenvalue weighted by atomic mass is 19.3. The average molecular weight is 415 g/mol. The van der Waals surface area contributed by atoms with Crippen LogP contribution in [0.5, 0.6) is 0 Å². The molecule has 0 bridgehead atoms. The Kier molecular flexibility index (Phi) is 4.80. The summed E-state index contributed by atoms with van der Waals surface area (Å²) >= 11 is 0. The fraction of sp³-hybridized carbons (Fsp3) is 0.381. The quantitative estimate of drug-likeness (QED) is 0.795. The molecule has 0 amide bonds. The molecule has 1 aliphatic carbocycles. The summed E-state index contributed by atoms with van der Waals surface area (Å²) in [7, 11) is 0. The second-order valence-electron chi connectivity index (χ2n) is 7.68. The Bertz CT molecular complexity index is 1070. The number of hydrogen-bond acceptors (Lipinski definition) is 6. The van der Waals surface area contributed by atoms with E-state index in [2.05, 4.69) is 26.1 Å². The first kappa shape index (κ1) is 20.0. The lowest BCUT2D eigenvalue weighted by Crippen LogP contribution is -2.51. The van der Waals surface area contributed by atoms with E-state index in [1.807, 2.05) is 6.07 Å². The lowest BCUT2D eigenvalue weighted by atomic mass is 9.84. The zero-order valence-electron chi connectivity index (χ0n) is 16.3. The molecule has 1 aromatic heterocycles. The first-order chi connectivity index (χ1) is 14.2. The third-order valence-electron chi connectivity index (χ3n) is 5.68. The lowest BCUT2D eigenvalue weighted by molar-refractivity contribution is -0.117. The summed E-state index contributed by atoms with van der Waals surface area (Å²) in [5.41, 5.74) is 5.77. The molecule has 156 valence electrons. The van der Waals surface area contributed by atoms with Gasteiger partial charge in [-0.1, -0.05) is 0 Å². The van der Waals surface area contributed by atoms with Crippen LogP contribution in [0.25, 0.3) is 0 Å². The van der Waals surface area contributed by atoms with Gasteiger partial charge in [-0.15, -0.1) is 0 Å². The Balaban J connectivity index is 1.69. The molecule has 0 saturated carbocycles. The number of rotatable bonds is 3. The molecule has 2 unspecified atom stereocenters. The minimum Gasteiger partial charge on any atom is -0.459 e. The predicted molar refractivity (Wildman–Crippen MR) is 105 cm³/mol. The fourth-order valence-corrected chi connectivity index (χ4v) is 3.96. The van der Waals surface area contributed by atoms with Gasteiger partial charge < -0.3 is 15.8 Å². The topological polar surface area (TPSA) is 96.3 Å². The van der Waals surface area contributed by atoms with Gasteiger partial charge in [-0.3, -0.25) is 4.98 Å². The Morgan fingerprint density at radius 3 is 2.90 bits per heavy atom. The number of fused-ring (bicyclic) bond motifs is 1. The Labute approximate surface area is 171 Å². The van der Waals surface area contributed by atoms with Gasteiger partial charge in [0.05, 0.1) is 17.3 Å². The van der Waals surface area contributed by atoms with E-state index in [9.17, 15) is 13.2 Å². The van der Waals surface area contributed by atoms with E-state index in [0.717, 1.165) is 43.5 Å². The van der Waals surface area contributed by atoms with Crippen LogP contribution in [-0.4, -0.2) is 23.5 Å². The number of nitrogens with two attached hydrogens (primary N) is 1. The highest BCUT2D eigenvalue weighted by Gasteiger charge is 2.56. The molecule has 1 aliphatic heterocycles. The number of aliphatic imine (C=N–C) groups is 1. The highest BCUT2D eigenvalue weighted by Crippen LogP contribution is 2.45. The zero-order valence-corrected chi connectivity index (χ0v) is 16.3. The number of benzene rings is 1. The number of amidine groups is 1. The summed E-state index contributed by atoms with van der Waals surface area (Å²) in [4.78, 5) is 8.16. The summed E-state index contributed by atoms with van der Waals surface area (Å²) < 4.78 is 48.6. The van der Waals surface area contributed by atoms with E-state index in [4.69, 9.17) is 11.0 Å². The molecule has 2 aromatic rings. The number of aryl methyl sites for hydroxylation is 1. The molecule has 1 aromatic carbocycles. The van der Waals surface area contributed by atoms with Crippen molar-refractivity contribution < 1.29 is 17.9 Å². The number of alkyl halides is 2. The van der Waals surface area contributed by atoms with Crippen molar-refractivity contribution in [3.05, 3.63) is 58.7 Å². The molecule has 2 heterocycles. The third-order valence-corrected chi connectivity index (χ3v) is 5.68. The van der Waals surface area contributed by atoms with Crippen molar-refractivity contribution in [3.63, 3.8) is 0 Å². The van der Waals surface area contributed by atoms with Gasteiger partial charge in [-0.2, -0.15) is 14.0 Å². The van der Waals surface area contributed by atoms with Crippen molar-refractivity contribution in [2.75, 3.05) is 11.9 Å². The molecule has 0 radical (unpaired) electrons. The maximum atomic E-state index is 14.6. The van der Waals surface area contributed by atoms with Crippen LogP contribution in [-0.2, 0) is 16.7 Å². The van der Waals surface area contributed by atoms with Crippen LogP contribution in [0.4, 0.5) is 18.9 Å². The van der Waals surface area contributed by atoms with E-state index >= 15 is 0 Å². The number of anilines is 1. The number of aromatic nitrogens is 1. The van der Waals surface area contributed by atoms with Gasteiger partial charge in [-0.05, 0) is 56.0 Å². The number of ether oxygens (including phenoxy) is 1. The molecule has 4 rings (SSSR count). The minimum absolute atomic E-state index is 0.184. The number of nitriles is 1. The number of halogens is 3. The molecule has 0 fully saturated rings. The fourth-order valence-electron chi connectivity index (χ4n) is 3.96. The second-order valence-corrected chi connectivity index (χ2v) is 7.68. The minimum atomic E-state index is -3.44. The normalized spacial score (nSPS) is 24.8. The standard InChI is InChI=1S/C21H20F3N5O/c1-20(21(23,24)11-30-19(26)29-20)15-8-14(5-6-16(15)22)28-17-4-2-3-13-7-12(9-25)10-27-18(13)17/h5-8,10,17,28H,2-4,11H2,1H3,(H2,26,29). The van der Waals surface area contributed by atoms with Gasteiger partial charge >= 0.3 is 5.92 Å². The number of hydrogen-bond donors (Lipinski definition) is 2. The largest absolute Gasteiger partial charge is 0.459 e. The van der Waals surface area contributed by atoms with E-state index < -0.39 is 29.9 Å². The van der Waals surface area contributed by atoms with Crippen LogP contribution in [0.3, 0.4) is 0 Å². The highest BCUT2D eigenvalue weighted by molar-refractivity contribution is 5.73. The van der Waals surface area contributed by atoms with Crippen LogP contribution in [0.15, 0.2) is 35.5 Å². The summed E-state index contributed by atoms with van der Waals surface area (Å²) in [6.07, 6.45) is 3.97. The van der Waals surface area contributed by atoms with Crippen LogP contribution in [0.1, 0.15) is 48.2 Å². The van der Waals surface area contributed by atoms with E-state index in [0.29, 0.717) is 11.3 Å². The molecular formula is C21H20F3N5O. The average Bonchev–Trinajstić information content (AvgIpc) is 2.72. The van der Waals surface area contributed by atoms with Gasteiger partial charge in [0.15, 0.2) is 12.1 Å². The number of nitrogens with zero attached hydrogens (tertiary/aromatic N) is 3. The molecule has 9 heteroatoms. The Hall–Kier alpha value is -3.28. The van der Waals surface area contributed by atoms with Crippen LogP contribution in [0, 0.1) is 17.1 Å². The van der Waals surface area contributed by atoms with Gasteiger partial charge in [0.2, 0.25) is 0 Å². The molecule has 2 atom stereocenters. The Morgan fingerprint density at radius 1 is 1.33 bits per heavy atom. The van der Waals surface area contributed by atoms with Gasteiger partial charge in [0.25, 0.3) is 6.02 Å². The summed E-state index contributed by atoms with van der Waals surface area (Å²) in [5.74, 6) is -4.25. The SMILES string of the molecule is CC1(c2cc(NC3CCCc4cc(C#N)cnc43)ccc2F)N=C(N)OCC1(F)F. The molecule has 2 aliphatic rings. The van der Waals surface area contributed by atoms with Gasteiger partial charge in [-0.25, -0.2) is 9.38 Å². The second kappa shape index (κ2) is 7.20. The number of nitrogens with one attached hydrogen (secondary N) is 1. The van der Waals surface area contributed by atoms with Crippen molar-refractivity contribution >= 4 is 11.7 Å². The molecule has 3 N–H and O–H groups in total. The summed E-state index contributed by atoms with van der Waals surface area (Å²) in [6.45, 7) is 0.169. The van der Waals surface area contributed by atoms with Crippen molar-refractivity contribution in [3.8, 4) is 6.07 Å². The van der Waals surface area contributed by atoms with Crippen molar-refractivity contribution in [1.29, 1.82) is 5.26 Å². The van der Waals surface area contributed by atoms with Gasteiger partial charge in [0.1, 0.15) is 11.9 Å². The van der Waals surface area contributed by atoms with Crippen LogP contribution in [0.2, 0.25) is 0 Å². The van der Waals surface area contributed by atoms with Crippen LogP contribution >= 0.6 is 0 Å². The molecule has 0 spiro atoms. The summed E-state index contributed by atoms with van der Waals surface area (Å²) in [5, 5.41) is 12.3. The predicted octanol–water partition coefficient (Wildman–Crippen LogP) is 3.78. The summed E-state index contributed by atoms with van der Waals surface area (Å²) in [6, 6.07) is 7.27. The molecular weight excluding hydrogens is 395 g/mol. The maximum Gasteiger partial charge on any atom is 0.310 e. The van der Waals surface area contributed by atoms with E-state index in [-0.39, 0.29) is 11.6 Å². The maximum absolute atomic E-state index is 14.6. The zero-order chi connectivity index (χ0) is 21.5. The van der Waals surface area contributed by atoms with Crippen molar-refractivity contribution in [1.82, 2.24) is 4.98 Å². The smallest absolute Gasteiger partial charge is 0.310 e. The van der Waals surface area contributed by atoms with Gasteiger partial charge in [0, 0.05) is 17.4 Å². The molecule has 30 heavy (non-hydrogen) atoms. The monoisotopic (exact) mass is 415 g/mol. The first-order valence-electron chi connectivity index (χ1n) is 9.55. The Morgan fingerprint density at radius 2 is 2.13 bits per heavy atom. The van der Waals surface area contributed by atoms with Crippen molar-refractivity contribution in [2.24, 2.45) is 10.7 Å². The van der Waals surface area contributed by atoms with E-state index in [1.54, 1.807) is 0 Å². The third kappa shape index (κ3) is 3.32. The molecule has 6 nitrogen and oxygen atoms in total. The molecule has 0 saturated heterocycles. The van der Waals surface area contributed by atoms with Crippen LogP contribution < -0.4 is 11.1 Å². The van der Waals surface area contributed by atoms with E-state index in [1.165, 1.54) is 18.3 Å². The number of pyridine rings is 1. The van der Waals surface area contributed by atoms with Crippen molar-refractivity contribution in [2.45, 2.75) is 43.7 Å².